The molecule has 0 aromatic carbocycles. The van der Waals surface area contributed by atoms with Gasteiger partial charge >= 0.3 is 0 Å². The van der Waals surface area contributed by atoms with Crippen LogP contribution in [0.2, 0.25) is 0 Å². The van der Waals surface area contributed by atoms with Gasteiger partial charge in [0.25, 0.3) is 0 Å². The van der Waals surface area contributed by atoms with E-state index in [1.54, 1.807) is 6.20 Å². The fraction of sp³-hybridized carbons (Fsp3) is 0.500. The van der Waals surface area contributed by atoms with Gasteiger partial charge in [-0.15, -0.1) is 0 Å². The predicted molar refractivity (Wildman–Crippen MR) is 98.6 cm³/mol. The van der Waals surface area contributed by atoms with Gasteiger partial charge in [-0.3, -0.25) is 9.88 Å². The molecule has 7 nitrogen and oxygen atoms in total. The molecule has 0 saturated carbocycles. The highest BCUT2D eigenvalue weighted by atomic mass is 16.3. The Morgan fingerprint density at radius 2 is 2.00 bits per heavy atom. The number of nitrogens with zero attached hydrogens (tertiary/aromatic N) is 5. The van der Waals surface area contributed by atoms with Crippen molar-refractivity contribution in [3.8, 4) is 0 Å². The molecule has 134 valence electrons. The van der Waals surface area contributed by atoms with Crippen LogP contribution in [0.25, 0.3) is 0 Å². The summed E-state index contributed by atoms with van der Waals surface area (Å²) in [5.41, 5.74) is 1.01. The summed E-state index contributed by atoms with van der Waals surface area (Å²) in [7, 11) is 4.08. The average molecular weight is 342 g/mol. The summed E-state index contributed by atoms with van der Waals surface area (Å²) in [6, 6.07) is 8.01. The van der Waals surface area contributed by atoms with Gasteiger partial charge in [0.2, 0.25) is 5.95 Å². The maximum atomic E-state index is 9.65. The van der Waals surface area contributed by atoms with Gasteiger partial charge in [-0.05, 0) is 45.1 Å². The lowest BCUT2D eigenvalue weighted by Gasteiger charge is -2.30. The van der Waals surface area contributed by atoms with Gasteiger partial charge < -0.3 is 15.3 Å². The molecule has 1 aliphatic heterocycles. The summed E-state index contributed by atoms with van der Waals surface area (Å²) in [4.78, 5) is 17.7. The van der Waals surface area contributed by atoms with Crippen LogP contribution in [0.3, 0.4) is 0 Å². The lowest BCUT2D eigenvalue weighted by atomic mass is 10.1. The lowest BCUT2D eigenvalue weighted by Crippen LogP contribution is -2.36. The van der Waals surface area contributed by atoms with Gasteiger partial charge in [0, 0.05) is 32.0 Å². The summed E-state index contributed by atoms with van der Waals surface area (Å²) in [5.74, 6) is 1.52. The van der Waals surface area contributed by atoms with E-state index in [1.165, 1.54) is 0 Å². The fourth-order valence-corrected chi connectivity index (χ4v) is 3.02. The summed E-state index contributed by atoms with van der Waals surface area (Å²) < 4.78 is 0. The normalized spacial score (nSPS) is 16.9. The zero-order valence-corrected chi connectivity index (χ0v) is 14.8. The van der Waals surface area contributed by atoms with Crippen LogP contribution in [0.15, 0.2) is 36.7 Å². The number of pyridine rings is 1. The van der Waals surface area contributed by atoms with E-state index < -0.39 is 0 Å². The predicted octanol–water partition coefficient (Wildman–Crippen LogP) is 1.55. The van der Waals surface area contributed by atoms with Crippen molar-refractivity contribution in [2.75, 3.05) is 43.9 Å². The first kappa shape index (κ1) is 17.6. The molecule has 0 bridgehead atoms. The van der Waals surface area contributed by atoms with Gasteiger partial charge in [0.15, 0.2) is 0 Å². The second-order valence-corrected chi connectivity index (χ2v) is 6.57. The Bertz CT molecular complexity index is 658. The molecule has 25 heavy (non-hydrogen) atoms. The van der Waals surface area contributed by atoms with E-state index in [2.05, 4.69) is 30.1 Å². The first-order valence-corrected chi connectivity index (χ1v) is 8.71. The van der Waals surface area contributed by atoms with E-state index in [0.717, 1.165) is 37.4 Å². The van der Waals surface area contributed by atoms with Crippen LogP contribution in [0.1, 0.15) is 24.6 Å². The Labute approximate surface area is 148 Å². The lowest BCUT2D eigenvalue weighted by molar-refractivity contribution is 0.145. The summed E-state index contributed by atoms with van der Waals surface area (Å²) >= 11 is 0. The van der Waals surface area contributed by atoms with Gasteiger partial charge in [0.05, 0.1) is 17.8 Å². The van der Waals surface area contributed by atoms with Crippen molar-refractivity contribution in [3.05, 3.63) is 42.4 Å². The van der Waals surface area contributed by atoms with Crippen molar-refractivity contribution in [1.82, 2.24) is 19.9 Å². The molecule has 0 spiro atoms. The molecule has 1 aliphatic rings. The van der Waals surface area contributed by atoms with Crippen molar-refractivity contribution < 1.29 is 5.11 Å². The number of aliphatic hydroxyl groups is 1. The number of aliphatic hydroxyl groups excluding tert-OH is 1. The molecule has 1 fully saturated rings. The SMILES string of the molecule is CN(C)C(CNc1nccc(N2CCC(O)CC2)n1)c1ccccn1. The first-order valence-electron chi connectivity index (χ1n) is 8.71. The molecule has 0 aliphatic carbocycles. The van der Waals surface area contributed by atoms with Gasteiger partial charge in [-0.25, -0.2) is 4.98 Å². The third-order valence-electron chi connectivity index (χ3n) is 4.54. The van der Waals surface area contributed by atoms with Crippen molar-refractivity contribution >= 4 is 11.8 Å². The number of rotatable bonds is 6. The van der Waals surface area contributed by atoms with Crippen LogP contribution >= 0.6 is 0 Å². The Morgan fingerprint density at radius 3 is 2.68 bits per heavy atom. The van der Waals surface area contributed by atoms with E-state index in [4.69, 9.17) is 0 Å². The van der Waals surface area contributed by atoms with E-state index in [-0.39, 0.29) is 12.1 Å². The number of piperidine rings is 1. The van der Waals surface area contributed by atoms with Crippen LogP contribution < -0.4 is 10.2 Å². The summed E-state index contributed by atoms with van der Waals surface area (Å²) in [5, 5.41) is 13.0. The number of nitrogens with one attached hydrogen (secondary N) is 1. The van der Waals surface area contributed by atoms with Crippen LogP contribution in [-0.4, -0.2) is 64.8 Å². The highest BCUT2D eigenvalue weighted by Crippen LogP contribution is 2.20. The third kappa shape index (κ3) is 4.64. The van der Waals surface area contributed by atoms with Gasteiger partial charge in [-0.1, -0.05) is 6.07 Å². The van der Waals surface area contributed by atoms with Crippen molar-refractivity contribution in [2.24, 2.45) is 0 Å². The zero-order valence-electron chi connectivity index (χ0n) is 14.8. The maximum Gasteiger partial charge on any atom is 0.224 e. The fourth-order valence-electron chi connectivity index (χ4n) is 3.02. The standard InChI is InChI=1S/C18H26N6O/c1-23(2)16(15-5-3-4-9-19-15)13-21-18-20-10-6-17(22-18)24-11-7-14(25)8-12-24/h3-6,9-10,14,16,25H,7-8,11-13H2,1-2H3,(H,20,21,22). The van der Waals surface area contributed by atoms with Crippen LogP contribution in [0.5, 0.6) is 0 Å². The Kier molecular flexibility index (Phi) is 5.78. The molecule has 2 aromatic heterocycles. The summed E-state index contributed by atoms with van der Waals surface area (Å²) in [6.45, 7) is 2.32. The molecule has 7 heteroatoms. The molecular formula is C18H26N6O. The number of hydrogen-bond donors (Lipinski definition) is 2. The Morgan fingerprint density at radius 1 is 1.20 bits per heavy atom. The monoisotopic (exact) mass is 342 g/mol. The van der Waals surface area contributed by atoms with Crippen molar-refractivity contribution in [1.29, 1.82) is 0 Å². The van der Waals surface area contributed by atoms with Crippen LogP contribution in [-0.2, 0) is 0 Å². The molecule has 1 saturated heterocycles. The number of likely N-dealkylation sites (N-methyl/N-ethyl adjacent to an activating group) is 1. The topological polar surface area (TPSA) is 77.4 Å². The minimum absolute atomic E-state index is 0.138. The minimum atomic E-state index is -0.185. The third-order valence-corrected chi connectivity index (χ3v) is 4.54. The van der Waals surface area contributed by atoms with Crippen molar-refractivity contribution in [2.45, 2.75) is 25.0 Å². The smallest absolute Gasteiger partial charge is 0.224 e. The molecule has 0 radical (unpaired) electrons. The van der Waals surface area contributed by atoms with E-state index in [9.17, 15) is 5.11 Å². The number of aromatic nitrogens is 3. The largest absolute Gasteiger partial charge is 0.393 e. The highest BCUT2D eigenvalue weighted by Gasteiger charge is 2.19. The highest BCUT2D eigenvalue weighted by molar-refractivity contribution is 5.43. The van der Waals surface area contributed by atoms with Crippen molar-refractivity contribution in [3.63, 3.8) is 0 Å². The average Bonchev–Trinajstić information content (AvgIpc) is 2.63. The number of anilines is 2. The molecular weight excluding hydrogens is 316 g/mol. The van der Waals surface area contributed by atoms with Gasteiger partial charge in [0.1, 0.15) is 5.82 Å². The molecule has 3 rings (SSSR count). The number of hydrogen-bond acceptors (Lipinski definition) is 7. The molecule has 1 unspecified atom stereocenters. The van der Waals surface area contributed by atoms with Crippen LogP contribution in [0.4, 0.5) is 11.8 Å². The first-order chi connectivity index (χ1) is 12.1. The molecule has 3 heterocycles. The minimum Gasteiger partial charge on any atom is -0.393 e. The van der Waals surface area contributed by atoms with E-state index in [0.29, 0.717) is 12.5 Å². The van der Waals surface area contributed by atoms with E-state index >= 15 is 0 Å². The van der Waals surface area contributed by atoms with Gasteiger partial charge in [-0.2, -0.15) is 4.98 Å². The second-order valence-electron chi connectivity index (χ2n) is 6.57. The Balaban J connectivity index is 1.65. The van der Waals surface area contributed by atoms with Crippen LogP contribution in [0, 0.1) is 0 Å². The van der Waals surface area contributed by atoms with E-state index in [1.807, 2.05) is 44.6 Å². The molecule has 1 atom stereocenters. The summed E-state index contributed by atoms with van der Waals surface area (Å²) in [6.07, 6.45) is 4.98. The molecule has 2 N–H and O–H groups in total. The quantitative estimate of drug-likeness (QED) is 0.824. The molecule has 2 aromatic rings. The Hall–Kier alpha value is -2.25. The maximum absolute atomic E-state index is 9.65. The zero-order chi connectivity index (χ0) is 17.6. The second kappa shape index (κ2) is 8.22. The molecule has 0 amide bonds.